The van der Waals surface area contributed by atoms with Gasteiger partial charge in [0.2, 0.25) is 10.0 Å². The fourth-order valence-electron chi connectivity index (χ4n) is 6.17. The molecule has 0 aromatic heterocycles. The van der Waals surface area contributed by atoms with Crippen LogP contribution in [-0.2, 0) is 10.0 Å². The second kappa shape index (κ2) is 10.5. The molecule has 3 heterocycles. The summed E-state index contributed by atoms with van der Waals surface area (Å²) < 4.78 is 35.2. The van der Waals surface area contributed by atoms with Gasteiger partial charge in [-0.2, -0.15) is 12.6 Å². The molecular formula is C31H42N4O3S2. The number of anilines is 1. The fraction of sp³-hybridized carbons (Fsp3) is 0.548. The first-order valence-corrected chi connectivity index (χ1v) is 16.5. The Morgan fingerprint density at radius 3 is 2.55 bits per heavy atom. The highest BCUT2D eigenvalue weighted by molar-refractivity contribution is 7.89. The third-order valence-corrected chi connectivity index (χ3v) is 10.4. The number of hydrogen-bond donors (Lipinski definition) is 1. The predicted molar refractivity (Wildman–Crippen MR) is 167 cm³/mol. The number of nitrogens with zero attached hydrogens (tertiary/aromatic N) is 4. The van der Waals surface area contributed by atoms with Crippen molar-refractivity contribution in [3.8, 4) is 11.5 Å². The standard InChI is InChI=1S/C31H42N4O3S2/c1-8-9-10-35(11-12-39)40(36,37)19-21-18-30(3,4)33-24-15-28-26(14-23(21)24)32-25-13-22-20(2)17-31(5,6)34(7)27(22)16-29(25)38-28/h13-16,18,20,39H,8-12,17,19H2,1-7H3. The zero-order valence-electron chi connectivity index (χ0n) is 24.8. The molecule has 9 heteroatoms. The van der Waals surface area contributed by atoms with Crippen molar-refractivity contribution in [3.05, 3.63) is 52.2 Å². The van der Waals surface area contributed by atoms with E-state index in [1.54, 1.807) is 4.31 Å². The third-order valence-electron chi connectivity index (χ3n) is 8.38. The Balaban J connectivity index is 1.57. The summed E-state index contributed by atoms with van der Waals surface area (Å²) >= 11 is 4.31. The number of fused-ring (bicyclic) bond motifs is 4. The molecule has 2 aromatic carbocycles. The maximum Gasteiger partial charge on any atom is 0.218 e. The van der Waals surface area contributed by atoms with Gasteiger partial charge >= 0.3 is 0 Å². The van der Waals surface area contributed by atoms with Gasteiger partial charge < -0.3 is 9.64 Å². The smallest absolute Gasteiger partial charge is 0.218 e. The molecule has 3 aliphatic rings. The van der Waals surface area contributed by atoms with Crippen LogP contribution >= 0.6 is 12.6 Å². The molecular weight excluding hydrogens is 541 g/mol. The van der Waals surface area contributed by atoms with Crippen LogP contribution in [0.1, 0.15) is 77.8 Å². The molecule has 1 atom stereocenters. The topological polar surface area (TPSA) is 74.6 Å². The van der Waals surface area contributed by atoms with Crippen LogP contribution in [0.3, 0.4) is 0 Å². The van der Waals surface area contributed by atoms with Crippen molar-refractivity contribution in [2.24, 2.45) is 9.98 Å². The lowest BCUT2D eigenvalue weighted by molar-refractivity contribution is 0.393. The zero-order valence-corrected chi connectivity index (χ0v) is 26.5. The molecule has 40 heavy (non-hydrogen) atoms. The molecule has 3 aliphatic heterocycles. The lowest BCUT2D eigenvalue weighted by Gasteiger charge is -2.45. The highest BCUT2D eigenvalue weighted by Crippen LogP contribution is 2.48. The van der Waals surface area contributed by atoms with Crippen molar-refractivity contribution in [3.63, 3.8) is 0 Å². The molecule has 0 bridgehead atoms. The van der Waals surface area contributed by atoms with E-state index in [9.17, 15) is 8.42 Å². The molecule has 0 N–H and O–H groups in total. The van der Waals surface area contributed by atoms with Crippen LogP contribution in [0, 0.1) is 0 Å². The van der Waals surface area contributed by atoms with Crippen molar-refractivity contribution in [2.75, 3.05) is 36.5 Å². The van der Waals surface area contributed by atoms with Crippen LogP contribution in [0.4, 0.5) is 11.4 Å². The van der Waals surface area contributed by atoms with Gasteiger partial charge in [0.15, 0.2) is 11.5 Å². The van der Waals surface area contributed by atoms with E-state index in [0.717, 1.165) is 47.2 Å². The van der Waals surface area contributed by atoms with E-state index < -0.39 is 15.6 Å². The molecule has 0 amide bonds. The number of sulfonamides is 1. The first kappa shape index (κ1) is 29.1. The van der Waals surface area contributed by atoms with E-state index in [2.05, 4.69) is 64.4 Å². The highest BCUT2D eigenvalue weighted by Gasteiger charge is 2.36. The molecule has 0 radical (unpaired) electrons. The summed E-state index contributed by atoms with van der Waals surface area (Å²) in [6.45, 7) is 13.8. The van der Waals surface area contributed by atoms with E-state index in [1.807, 2.05) is 32.1 Å². The number of thiol groups is 1. The molecule has 0 fully saturated rings. The number of benzene rings is 2. The van der Waals surface area contributed by atoms with Crippen molar-refractivity contribution in [1.29, 1.82) is 0 Å². The van der Waals surface area contributed by atoms with Gasteiger partial charge in [0.25, 0.3) is 0 Å². The average Bonchev–Trinajstić information content (AvgIpc) is 2.85. The lowest BCUT2D eigenvalue weighted by atomic mass is 9.80. The Labute approximate surface area is 244 Å². The van der Waals surface area contributed by atoms with E-state index in [1.165, 1.54) is 11.3 Å². The van der Waals surface area contributed by atoms with Crippen molar-refractivity contribution in [1.82, 2.24) is 4.31 Å². The van der Waals surface area contributed by atoms with Crippen LogP contribution in [0.5, 0.6) is 11.5 Å². The normalized spacial score (nSPS) is 20.3. The minimum Gasteiger partial charge on any atom is -0.453 e. The number of rotatable bonds is 8. The molecule has 7 nitrogen and oxygen atoms in total. The summed E-state index contributed by atoms with van der Waals surface area (Å²) in [6.07, 6.45) is 4.79. The molecule has 5 rings (SSSR count). The van der Waals surface area contributed by atoms with Crippen molar-refractivity contribution >= 4 is 39.6 Å². The van der Waals surface area contributed by atoms with E-state index in [4.69, 9.17) is 14.7 Å². The molecule has 0 saturated heterocycles. The van der Waals surface area contributed by atoms with Gasteiger partial charge in [0.05, 0.1) is 16.6 Å². The zero-order chi connectivity index (χ0) is 29.0. The minimum absolute atomic E-state index is 0.0516. The maximum absolute atomic E-state index is 13.6. The second-order valence-corrected chi connectivity index (χ2v) is 15.0. The van der Waals surface area contributed by atoms with Gasteiger partial charge in [-0.1, -0.05) is 26.3 Å². The first-order valence-electron chi connectivity index (χ1n) is 14.3. The predicted octanol–water partition coefficient (Wildman–Crippen LogP) is 5.62. The summed E-state index contributed by atoms with van der Waals surface area (Å²) in [5, 5.41) is 1.42. The summed E-state index contributed by atoms with van der Waals surface area (Å²) in [6, 6.07) is 8.12. The number of ether oxygens (including phenoxy) is 1. The SMILES string of the molecule is CCCCN(CCS)S(=O)(=O)CC1=CC(C)(C)N=c2cc3c(cc21)=Nc1cc2c(cc1O3)N(C)C(C)(C)CC2C. The van der Waals surface area contributed by atoms with Gasteiger partial charge in [-0.3, -0.25) is 4.99 Å². The Morgan fingerprint density at radius 2 is 1.85 bits per heavy atom. The number of unbranched alkanes of at least 4 members (excludes halogenated alkanes) is 1. The van der Waals surface area contributed by atoms with E-state index in [-0.39, 0.29) is 11.3 Å². The third kappa shape index (κ3) is 5.44. The summed E-state index contributed by atoms with van der Waals surface area (Å²) in [5.74, 6) is 2.17. The largest absolute Gasteiger partial charge is 0.453 e. The van der Waals surface area contributed by atoms with Crippen LogP contribution in [0.15, 0.2) is 40.3 Å². The average molecular weight is 583 g/mol. The summed E-state index contributed by atoms with van der Waals surface area (Å²) in [7, 11) is -1.40. The maximum atomic E-state index is 13.6. The Bertz CT molecular complexity index is 1600. The van der Waals surface area contributed by atoms with Crippen LogP contribution in [0.2, 0.25) is 0 Å². The van der Waals surface area contributed by atoms with E-state index in [0.29, 0.717) is 35.9 Å². The number of hydrogen-bond acceptors (Lipinski definition) is 7. The quantitative estimate of drug-likeness (QED) is 0.350. The van der Waals surface area contributed by atoms with Gasteiger partial charge in [-0.15, -0.1) is 0 Å². The van der Waals surface area contributed by atoms with Gasteiger partial charge in [0.1, 0.15) is 11.0 Å². The van der Waals surface area contributed by atoms with Crippen LogP contribution in [-0.4, -0.2) is 55.4 Å². The lowest BCUT2D eigenvalue weighted by Crippen LogP contribution is -2.45. The second-order valence-electron chi connectivity index (χ2n) is 12.6. The Kier molecular flexibility index (Phi) is 7.64. The molecule has 216 valence electrons. The summed E-state index contributed by atoms with van der Waals surface area (Å²) in [4.78, 5) is 12.3. The summed E-state index contributed by atoms with van der Waals surface area (Å²) in [5.41, 5.74) is 4.31. The molecule has 0 saturated carbocycles. The fourth-order valence-corrected chi connectivity index (χ4v) is 8.13. The van der Waals surface area contributed by atoms with Crippen molar-refractivity contribution < 1.29 is 13.2 Å². The Hall–Kier alpha value is -2.36. The monoisotopic (exact) mass is 582 g/mol. The van der Waals surface area contributed by atoms with E-state index >= 15 is 0 Å². The minimum atomic E-state index is -3.54. The molecule has 0 aliphatic carbocycles. The first-order chi connectivity index (χ1) is 18.7. The van der Waals surface area contributed by atoms with Gasteiger partial charge in [0, 0.05) is 54.8 Å². The molecule has 1 unspecified atom stereocenters. The highest BCUT2D eigenvalue weighted by atomic mass is 32.2. The Morgan fingerprint density at radius 1 is 1.10 bits per heavy atom. The van der Waals surface area contributed by atoms with Crippen molar-refractivity contribution in [2.45, 2.75) is 77.8 Å². The van der Waals surface area contributed by atoms with Crippen LogP contribution < -0.4 is 20.4 Å². The van der Waals surface area contributed by atoms with Gasteiger partial charge in [-0.25, -0.2) is 17.7 Å². The van der Waals surface area contributed by atoms with Crippen LogP contribution in [0.25, 0.3) is 5.57 Å². The molecule has 2 aromatic rings. The van der Waals surface area contributed by atoms with Gasteiger partial charge in [-0.05, 0) is 69.7 Å². The molecule has 0 spiro atoms.